The molecule has 2 aromatic carbocycles. The lowest BCUT2D eigenvalue weighted by molar-refractivity contribution is 0.583. The molecule has 0 radical (unpaired) electrons. The van der Waals surface area contributed by atoms with Gasteiger partial charge in [-0.3, -0.25) is 0 Å². The molecule has 3 rings (SSSR count). The van der Waals surface area contributed by atoms with Crippen LogP contribution in [0.1, 0.15) is 0 Å². The number of fused-ring (bicyclic) bond motifs is 1. The van der Waals surface area contributed by atoms with E-state index in [1.54, 1.807) is 11.9 Å². The Balaban J connectivity index is 2.05. The second kappa shape index (κ2) is 4.35. The molecule has 1 heterocycles. The average Bonchev–Trinajstić information content (AvgIpc) is 2.81. The Hall–Kier alpha value is -2.43. The largest absolute Gasteiger partial charge is 0.324 e. The molecule has 0 bridgehead atoms. The Morgan fingerprint density at radius 2 is 1.89 bits per heavy atom. The molecule has 0 spiro atoms. The minimum atomic E-state index is -0.622. The van der Waals surface area contributed by atoms with Crippen LogP contribution in [0.3, 0.4) is 0 Å². The van der Waals surface area contributed by atoms with Gasteiger partial charge in [-0.15, -0.1) is 0 Å². The van der Waals surface area contributed by atoms with Crippen molar-refractivity contribution in [2.45, 2.75) is 0 Å². The normalized spacial score (nSPS) is 10.9. The number of hydrogen-bond acceptors (Lipinski definition) is 2. The zero-order valence-electron chi connectivity index (χ0n) is 10.2. The number of nitrogens with zero attached hydrogens (tertiary/aromatic N) is 2. The molecule has 1 aromatic heterocycles. The van der Waals surface area contributed by atoms with Crippen LogP contribution < -0.4 is 4.90 Å². The van der Waals surface area contributed by atoms with Gasteiger partial charge >= 0.3 is 0 Å². The van der Waals surface area contributed by atoms with Gasteiger partial charge in [0.15, 0.2) is 0 Å². The van der Waals surface area contributed by atoms with E-state index in [-0.39, 0.29) is 5.69 Å². The zero-order chi connectivity index (χ0) is 13.4. The number of rotatable bonds is 2. The minimum Gasteiger partial charge on any atom is -0.324 e. The van der Waals surface area contributed by atoms with Gasteiger partial charge in [0.05, 0.1) is 16.7 Å². The predicted molar refractivity (Wildman–Crippen MR) is 70.5 cm³/mol. The van der Waals surface area contributed by atoms with Crippen LogP contribution >= 0.6 is 0 Å². The number of benzene rings is 2. The van der Waals surface area contributed by atoms with Gasteiger partial charge in [0.25, 0.3) is 0 Å². The monoisotopic (exact) mass is 259 g/mol. The maximum absolute atomic E-state index is 13.7. The van der Waals surface area contributed by atoms with Gasteiger partial charge in [-0.05, 0) is 24.3 Å². The van der Waals surface area contributed by atoms with Crippen molar-refractivity contribution in [3.63, 3.8) is 0 Å². The number of anilines is 2. The van der Waals surface area contributed by atoms with Crippen LogP contribution in [-0.2, 0) is 0 Å². The molecular formula is C14H11F2N3. The highest BCUT2D eigenvalue weighted by Gasteiger charge is 2.13. The van der Waals surface area contributed by atoms with Crippen molar-refractivity contribution in [1.82, 2.24) is 9.97 Å². The number of imidazole rings is 1. The van der Waals surface area contributed by atoms with Crippen molar-refractivity contribution in [3.8, 4) is 0 Å². The molecule has 5 heteroatoms. The summed E-state index contributed by atoms with van der Waals surface area (Å²) in [4.78, 5) is 9.00. The van der Waals surface area contributed by atoms with Gasteiger partial charge in [-0.2, -0.15) is 0 Å². The Morgan fingerprint density at radius 3 is 2.63 bits per heavy atom. The Morgan fingerprint density at radius 1 is 1.11 bits per heavy atom. The highest BCUT2D eigenvalue weighted by atomic mass is 19.1. The first-order valence-corrected chi connectivity index (χ1v) is 5.78. The highest BCUT2D eigenvalue weighted by Crippen LogP contribution is 2.26. The molecule has 0 fully saturated rings. The number of para-hydroxylation sites is 2. The summed E-state index contributed by atoms with van der Waals surface area (Å²) in [6.07, 6.45) is 0. The average molecular weight is 259 g/mol. The fourth-order valence-electron chi connectivity index (χ4n) is 1.97. The van der Waals surface area contributed by atoms with Crippen molar-refractivity contribution in [1.29, 1.82) is 0 Å². The summed E-state index contributed by atoms with van der Waals surface area (Å²) >= 11 is 0. The van der Waals surface area contributed by atoms with Gasteiger partial charge in [0.2, 0.25) is 5.95 Å². The third kappa shape index (κ3) is 2.03. The molecule has 0 atom stereocenters. The van der Waals surface area contributed by atoms with Crippen molar-refractivity contribution >= 4 is 22.7 Å². The molecule has 0 saturated heterocycles. The van der Waals surface area contributed by atoms with E-state index in [1.165, 1.54) is 12.1 Å². The molecule has 1 N–H and O–H groups in total. The van der Waals surface area contributed by atoms with Crippen molar-refractivity contribution in [2.75, 3.05) is 11.9 Å². The number of nitrogens with one attached hydrogen (secondary N) is 1. The first-order valence-electron chi connectivity index (χ1n) is 5.78. The van der Waals surface area contributed by atoms with Crippen LogP contribution in [0.25, 0.3) is 11.0 Å². The lowest BCUT2D eigenvalue weighted by Gasteiger charge is -2.16. The van der Waals surface area contributed by atoms with Gasteiger partial charge in [-0.25, -0.2) is 13.8 Å². The summed E-state index contributed by atoms with van der Waals surface area (Å²) in [6.45, 7) is 0. The van der Waals surface area contributed by atoms with E-state index < -0.39 is 11.6 Å². The fraction of sp³-hybridized carbons (Fsp3) is 0.0714. The molecule has 19 heavy (non-hydrogen) atoms. The lowest BCUT2D eigenvalue weighted by Crippen LogP contribution is -2.12. The van der Waals surface area contributed by atoms with Crippen LogP contribution in [-0.4, -0.2) is 17.0 Å². The van der Waals surface area contributed by atoms with E-state index in [9.17, 15) is 8.78 Å². The number of halogens is 2. The van der Waals surface area contributed by atoms with Gasteiger partial charge in [-0.1, -0.05) is 12.1 Å². The molecule has 0 aliphatic carbocycles. The van der Waals surface area contributed by atoms with E-state index in [1.807, 2.05) is 24.3 Å². The number of H-pyrrole nitrogens is 1. The van der Waals surface area contributed by atoms with E-state index >= 15 is 0 Å². The molecule has 3 nitrogen and oxygen atoms in total. The van der Waals surface area contributed by atoms with Gasteiger partial charge in [0.1, 0.15) is 11.6 Å². The molecule has 0 aliphatic rings. The van der Waals surface area contributed by atoms with E-state index in [0.717, 1.165) is 17.1 Å². The Bertz CT molecular complexity index is 703. The van der Waals surface area contributed by atoms with Crippen LogP contribution in [0.15, 0.2) is 42.5 Å². The summed E-state index contributed by atoms with van der Waals surface area (Å²) in [7, 11) is 1.67. The summed E-state index contributed by atoms with van der Waals surface area (Å²) in [5, 5.41) is 0. The van der Waals surface area contributed by atoms with Crippen LogP contribution in [0.2, 0.25) is 0 Å². The molecule has 0 amide bonds. The summed E-state index contributed by atoms with van der Waals surface area (Å²) in [5.41, 5.74) is 1.93. The summed E-state index contributed by atoms with van der Waals surface area (Å²) < 4.78 is 26.6. The highest BCUT2D eigenvalue weighted by molar-refractivity contribution is 5.78. The minimum absolute atomic E-state index is 0.264. The molecular weight excluding hydrogens is 248 g/mol. The second-order valence-electron chi connectivity index (χ2n) is 4.23. The SMILES string of the molecule is CN(c1nc2ccccc2[nH]1)c1ccc(F)cc1F. The first kappa shape index (κ1) is 11.6. The molecule has 0 saturated carbocycles. The number of aromatic amines is 1. The van der Waals surface area contributed by atoms with Gasteiger partial charge in [0, 0.05) is 13.1 Å². The van der Waals surface area contributed by atoms with Crippen LogP contribution in [0.5, 0.6) is 0 Å². The van der Waals surface area contributed by atoms with Gasteiger partial charge < -0.3 is 9.88 Å². The standard InChI is InChI=1S/C14H11F2N3/c1-19(13-7-6-9(15)8-10(13)16)14-17-11-4-2-3-5-12(11)18-14/h2-8H,1H3,(H,17,18). The molecule has 96 valence electrons. The van der Waals surface area contributed by atoms with E-state index in [0.29, 0.717) is 5.95 Å². The summed E-state index contributed by atoms with van der Waals surface area (Å²) in [5.74, 6) is -0.714. The Kier molecular flexibility index (Phi) is 2.67. The van der Waals surface area contributed by atoms with Crippen molar-refractivity contribution < 1.29 is 8.78 Å². The lowest BCUT2D eigenvalue weighted by atomic mass is 10.3. The predicted octanol–water partition coefficient (Wildman–Crippen LogP) is 3.61. The van der Waals surface area contributed by atoms with Crippen LogP contribution in [0.4, 0.5) is 20.4 Å². The third-order valence-corrected chi connectivity index (χ3v) is 2.97. The maximum atomic E-state index is 13.7. The quantitative estimate of drug-likeness (QED) is 0.762. The fourth-order valence-corrected chi connectivity index (χ4v) is 1.97. The maximum Gasteiger partial charge on any atom is 0.208 e. The molecule has 0 unspecified atom stereocenters. The third-order valence-electron chi connectivity index (χ3n) is 2.97. The first-order chi connectivity index (χ1) is 9.15. The number of aromatic nitrogens is 2. The topological polar surface area (TPSA) is 31.9 Å². The van der Waals surface area contributed by atoms with Crippen molar-refractivity contribution in [2.24, 2.45) is 0 Å². The van der Waals surface area contributed by atoms with Crippen molar-refractivity contribution in [3.05, 3.63) is 54.1 Å². The van der Waals surface area contributed by atoms with E-state index in [4.69, 9.17) is 0 Å². The van der Waals surface area contributed by atoms with E-state index in [2.05, 4.69) is 9.97 Å². The Labute approximate surface area is 108 Å². The molecule has 0 aliphatic heterocycles. The smallest absolute Gasteiger partial charge is 0.208 e. The second-order valence-corrected chi connectivity index (χ2v) is 4.23. The molecule has 3 aromatic rings. The zero-order valence-corrected chi connectivity index (χ0v) is 10.2. The summed E-state index contributed by atoms with van der Waals surface area (Å²) in [6, 6.07) is 11.0. The van der Waals surface area contributed by atoms with Crippen LogP contribution in [0, 0.1) is 11.6 Å². The number of hydrogen-bond donors (Lipinski definition) is 1.